The maximum atomic E-state index is 13.0. The minimum absolute atomic E-state index is 0.0324. The van der Waals surface area contributed by atoms with Gasteiger partial charge in [-0.05, 0) is 56.3 Å². The Morgan fingerprint density at radius 2 is 1.75 bits per heavy atom. The summed E-state index contributed by atoms with van der Waals surface area (Å²) in [6.45, 7) is 7.78. The smallest absolute Gasteiger partial charge is 0.338 e. The third-order valence-corrected chi connectivity index (χ3v) is 6.47. The van der Waals surface area contributed by atoms with Gasteiger partial charge in [0.25, 0.3) is 15.9 Å². The molecule has 0 unspecified atom stereocenters. The first kappa shape index (κ1) is 24.9. The first-order valence-electron chi connectivity index (χ1n) is 9.92. The van der Waals surface area contributed by atoms with Gasteiger partial charge in [-0.25, -0.2) is 13.2 Å². The SMILES string of the molecule is C=C(C)CN(CC)C(=O)COC(=O)c1cccc(S(=O)(=O)N(C)c2ccc(OC)cc2)c1. The van der Waals surface area contributed by atoms with E-state index in [2.05, 4.69) is 6.58 Å². The number of carbonyl (C=O) groups excluding carboxylic acids is 2. The molecule has 2 aromatic rings. The molecule has 0 atom stereocenters. The molecule has 0 aliphatic heterocycles. The Morgan fingerprint density at radius 3 is 2.31 bits per heavy atom. The molecule has 32 heavy (non-hydrogen) atoms. The standard InChI is InChI=1S/C23H28N2O6S/c1-6-25(15-17(2)3)22(26)16-31-23(27)18-8-7-9-21(14-18)32(28,29)24(4)19-10-12-20(30-5)13-11-19/h7-14H,2,6,15-16H2,1,3-5H3. The van der Waals surface area contributed by atoms with Crippen LogP contribution in [0, 0.1) is 0 Å². The van der Waals surface area contributed by atoms with Crippen LogP contribution in [0.25, 0.3) is 0 Å². The second kappa shape index (κ2) is 10.8. The van der Waals surface area contributed by atoms with Gasteiger partial charge < -0.3 is 14.4 Å². The molecule has 0 spiro atoms. The first-order valence-corrected chi connectivity index (χ1v) is 11.4. The molecule has 0 saturated carbocycles. The van der Waals surface area contributed by atoms with Crippen molar-refractivity contribution in [1.82, 2.24) is 4.90 Å². The Balaban J connectivity index is 2.15. The van der Waals surface area contributed by atoms with Gasteiger partial charge >= 0.3 is 5.97 Å². The van der Waals surface area contributed by atoms with Gasteiger partial charge in [-0.2, -0.15) is 0 Å². The molecule has 0 bridgehead atoms. The third-order valence-electron chi connectivity index (χ3n) is 4.69. The van der Waals surface area contributed by atoms with Crippen molar-refractivity contribution in [3.8, 4) is 5.75 Å². The Kier molecular flexibility index (Phi) is 8.42. The molecule has 2 rings (SSSR count). The fourth-order valence-electron chi connectivity index (χ4n) is 2.88. The average Bonchev–Trinajstić information content (AvgIpc) is 2.80. The number of hydrogen-bond acceptors (Lipinski definition) is 6. The highest BCUT2D eigenvalue weighted by atomic mass is 32.2. The zero-order chi connectivity index (χ0) is 23.9. The molecule has 9 heteroatoms. The monoisotopic (exact) mass is 460 g/mol. The fraction of sp³-hybridized carbons (Fsp3) is 0.304. The zero-order valence-corrected chi connectivity index (χ0v) is 19.5. The van der Waals surface area contributed by atoms with Crippen molar-refractivity contribution in [2.75, 3.05) is 38.2 Å². The summed E-state index contributed by atoms with van der Waals surface area (Å²) >= 11 is 0. The summed E-state index contributed by atoms with van der Waals surface area (Å²) in [7, 11) is -0.990. The van der Waals surface area contributed by atoms with Crippen molar-refractivity contribution in [2.24, 2.45) is 0 Å². The maximum Gasteiger partial charge on any atom is 0.338 e. The van der Waals surface area contributed by atoms with Gasteiger partial charge in [-0.15, -0.1) is 0 Å². The fourth-order valence-corrected chi connectivity index (χ4v) is 4.12. The molecule has 0 radical (unpaired) electrons. The molecule has 2 aromatic carbocycles. The van der Waals surface area contributed by atoms with E-state index in [1.165, 1.54) is 43.3 Å². The predicted octanol–water partition coefficient (Wildman–Crippen LogP) is 3.10. The van der Waals surface area contributed by atoms with Crippen LogP contribution in [0.3, 0.4) is 0 Å². The largest absolute Gasteiger partial charge is 0.497 e. The number of sulfonamides is 1. The molecule has 8 nitrogen and oxygen atoms in total. The molecular formula is C23H28N2O6S. The number of rotatable bonds is 10. The molecule has 172 valence electrons. The third kappa shape index (κ3) is 6.10. The van der Waals surface area contributed by atoms with E-state index in [1.54, 1.807) is 31.2 Å². The van der Waals surface area contributed by atoms with Gasteiger partial charge in [-0.1, -0.05) is 18.2 Å². The summed E-state index contributed by atoms with van der Waals surface area (Å²) < 4.78 is 37.4. The normalized spacial score (nSPS) is 10.9. The average molecular weight is 461 g/mol. The molecular weight excluding hydrogens is 432 g/mol. The molecule has 0 aromatic heterocycles. The predicted molar refractivity (Wildman–Crippen MR) is 122 cm³/mol. The summed E-state index contributed by atoms with van der Waals surface area (Å²) in [6.07, 6.45) is 0. The number of benzene rings is 2. The lowest BCUT2D eigenvalue weighted by molar-refractivity contribution is -0.133. The summed E-state index contributed by atoms with van der Waals surface area (Å²) in [5.41, 5.74) is 1.27. The quantitative estimate of drug-likeness (QED) is 0.400. The second-order valence-corrected chi connectivity index (χ2v) is 9.11. The number of methoxy groups -OCH3 is 1. The van der Waals surface area contributed by atoms with E-state index in [0.29, 0.717) is 24.5 Å². The van der Waals surface area contributed by atoms with Crippen LogP contribution in [0.2, 0.25) is 0 Å². The van der Waals surface area contributed by atoms with Crippen LogP contribution in [-0.4, -0.2) is 59.0 Å². The highest BCUT2D eigenvalue weighted by molar-refractivity contribution is 7.92. The van der Waals surface area contributed by atoms with Crippen LogP contribution in [-0.2, 0) is 19.6 Å². The Bertz CT molecular complexity index is 1080. The van der Waals surface area contributed by atoms with Gasteiger partial charge in [0.2, 0.25) is 0 Å². The number of ether oxygens (including phenoxy) is 2. The lowest BCUT2D eigenvalue weighted by Gasteiger charge is -2.21. The highest BCUT2D eigenvalue weighted by Gasteiger charge is 2.23. The van der Waals surface area contributed by atoms with Crippen LogP contribution >= 0.6 is 0 Å². The maximum absolute atomic E-state index is 13.0. The summed E-state index contributed by atoms with van der Waals surface area (Å²) in [5.74, 6) is -0.538. The number of amides is 1. The summed E-state index contributed by atoms with van der Waals surface area (Å²) in [4.78, 5) is 26.1. The first-order chi connectivity index (χ1) is 15.1. The number of likely N-dealkylation sites (N-methyl/N-ethyl adjacent to an activating group) is 1. The zero-order valence-electron chi connectivity index (χ0n) is 18.7. The molecule has 0 aliphatic carbocycles. The van der Waals surface area contributed by atoms with E-state index in [0.717, 1.165) is 9.88 Å². The van der Waals surface area contributed by atoms with Crippen molar-refractivity contribution < 1.29 is 27.5 Å². The van der Waals surface area contributed by atoms with E-state index in [-0.39, 0.29) is 16.4 Å². The van der Waals surface area contributed by atoms with E-state index in [1.807, 2.05) is 6.92 Å². The second-order valence-electron chi connectivity index (χ2n) is 7.14. The van der Waals surface area contributed by atoms with Crippen LogP contribution in [0.1, 0.15) is 24.2 Å². The minimum Gasteiger partial charge on any atom is -0.497 e. The molecule has 0 saturated heterocycles. The Hall–Kier alpha value is -3.33. The molecule has 0 N–H and O–H groups in total. The van der Waals surface area contributed by atoms with E-state index in [9.17, 15) is 18.0 Å². The lowest BCUT2D eigenvalue weighted by Crippen LogP contribution is -2.35. The van der Waals surface area contributed by atoms with E-state index < -0.39 is 22.6 Å². The van der Waals surface area contributed by atoms with Gasteiger partial charge in [0.05, 0.1) is 23.3 Å². The van der Waals surface area contributed by atoms with Crippen molar-refractivity contribution in [2.45, 2.75) is 18.7 Å². The van der Waals surface area contributed by atoms with Crippen LogP contribution < -0.4 is 9.04 Å². The summed E-state index contributed by atoms with van der Waals surface area (Å²) in [5, 5.41) is 0. The lowest BCUT2D eigenvalue weighted by atomic mass is 10.2. The summed E-state index contributed by atoms with van der Waals surface area (Å²) in [6, 6.07) is 12.0. The number of anilines is 1. The number of carbonyl (C=O) groups is 2. The van der Waals surface area contributed by atoms with Gasteiger partial charge in [0.1, 0.15) is 5.75 Å². The van der Waals surface area contributed by atoms with Crippen molar-refractivity contribution in [3.63, 3.8) is 0 Å². The Morgan fingerprint density at radius 1 is 1.09 bits per heavy atom. The van der Waals surface area contributed by atoms with Gasteiger partial charge in [0.15, 0.2) is 6.61 Å². The molecule has 1 amide bonds. The molecule has 0 fully saturated rings. The van der Waals surface area contributed by atoms with Crippen LogP contribution in [0.15, 0.2) is 65.6 Å². The van der Waals surface area contributed by atoms with E-state index in [4.69, 9.17) is 9.47 Å². The van der Waals surface area contributed by atoms with Gasteiger partial charge in [0, 0.05) is 20.1 Å². The van der Waals surface area contributed by atoms with Gasteiger partial charge in [-0.3, -0.25) is 9.10 Å². The van der Waals surface area contributed by atoms with Crippen molar-refractivity contribution in [1.29, 1.82) is 0 Å². The number of hydrogen-bond donors (Lipinski definition) is 0. The van der Waals surface area contributed by atoms with Crippen LogP contribution in [0.4, 0.5) is 5.69 Å². The highest BCUT2D eigenvalue weighted by Crippen LogP contribution is 2.25. The topological polar surface area (TPSA) is 93.2 Å². The molecule has 0 aliphatic rings. The number of esters is 1. The number of nitrogens with zero attached hydrogens (tertiary/aromatic N) is 2. The van der Waals surface area contributed by atoms with Crippen molar-refractivity contribution >= 4 is 27.6 Å². The minimum atomic E-state index is -3.93. The van der Waals surface area contributed by atoms with E-state index >= 15 is 0 Å². The van der Waals surface area contributed by atoms with Crippen molar-refractivity contribution in [3.05, 3.63) is 66.2 Å². The Labute approximate surface area is 189 Å². The molecule has 0 heterocycles. The van der Waals surface area contributed by atoms with Crippen LogP contribution in [0.5, 0.6) is 5.75 Å².